The first kappa shape index (κ1) is 11.5. The molecule has 4 heteroatoms. The highest BCUT2D eigenvalue weighted by Crippen LogP contribution is 2.52. The Morgan fingerprint density at radius 3 is 2.62 bits per heavy atom. The van der Waals surface area contributed by atoms with Crippen molar-refractivity contribution < 1.29 is 9.50 Å². The van der Waals surface area contributed by atoms with Gasteiger partial charge in [-0.15, -0.1) is 0 Å². The van der Waals surface area contributed by atoms with Gasteiger partial charge in [-0.3, -0.25) is 4.98 Å². The van der Waals surface area contributed by atoms with Crippen molar-refractivity contribution in [3.8, 4) is 0 Å². The average molecular weight is 224 g/mol. The molecule has 1 atom stereocenters. The lowest BCUT2D eigenvalue weighted by Crippen LogP contribution is -2.53. The summed E-state index contributed by atoms with van der Waals surface area (Å²) in [5.74, 6) is -0.394. The third-order valence-corrected chi connectivity index (χ3v) is 3.96. The lowest BCUT2D eigenvalue weighted by molar-refractivity contribution is -0.119. The number of hydrogen-bond donors (Lipinski definition) is 2. The molecular formula is C12H17FN2O. The summed E-state index contributed by atoms with van der Waals surface area (Å²) in [4.78, 5) is 3.97. The molecule has 1 aromatic rings. The summed E-state index contributed by atoms with van der Waals surface area (Å²) in [6.07, 6.45) is 4.01. The minimum absolute atomic E-state index is 0.294. The summed E-state index contributed by atoms with van der Waals surface area (Å²) >= 11 is 0. The zero-order valence-corrected chi connectivity index (χ0v) is 9.41. The Kier molecular flexibility index (Phi) is 2.72. The van der Waals surface area contributed by atoms with E-state index in [9.17, 15) is 9.50 Å². The van der Waals surface area contributed by atoms with E-state index in [0.717, 1.165) is 25.5 Å². The monoisotopic (exact) mass is 224 g/mol. The smallest absolute Gasteiger partial charge is 0.141 e. The van der Waals surface area contributed by atoms with Crippen molar-refractivity contribution in [1.29, 1.82) is 0 Å². The molecule has 0 radical (unpaired) electrons. The first-order valence-corrected chi connectivity index (χ1v) is 5.56. The second kappa shape index (κ2) is 3.79. The van der Waals surface area contributed by atoms with Gasteiger partial charge in [0.2, 0.25) is 0 Å². The predicted molar refractivity (Wildman–Crippen MR) is 59.1 cm³/mol. The third kappa shape index (κ3) is 1.53. The van der Waals surface area contributed by atoms with Gasteiger partial charge in [-0.05, 0) is 31.9 Å². The van der Waals surface area contributed by atoms with Gasteiger partial charge in [0.1, 0.15) is 11.4 Å². The van der Waals surface area contributed by atoms with Crippen molar-refractivity contribution in [2.24, 2.45) is 11.1 Å². The first-order chi connectivity index (χ1) is 7.52. The van der Waals surface area contributed by atoms with Gasteiger partial charge in [-0.25, -0.2) is 4.39 Å². The normalized spacial score (nSPS) is 22.2. The van der Waals surface area contributed by atoms with Gasteiger partial charge in [-0.2, -0.15) is 0 Å². The Bertz CT molecular complexity index is 366. The molecule has 0 amide bonds. The minimum Gasteiger partial charge on any atom is -0.383 e. The number of hydrogen-bond acceptors (Lipinski definition) is 3. The molecule has 3 N–H and O–H groups in total. The molecule has 1 aromatic heterocycles. The van der Waals surface area contributed by atoms with Gasteiger partial charge in [0.15, 0.2) is 0 Å². The molecule has 3 nitrogen and oxygen atoms in total. The molecule has 0 aromatic carbocycles. The van der Waals surface area contributed by atoms with E-state index in [1.165, 1.54) is 12.1 Å². The van der Waals surface area contributed by atoms with Gasteiger partial charge >= 0.3 is 0 Å². The van der Waals surface area contributed by atoms with Crippen molar-refractivity contribution in [2.45, 2.75) is 31.8 Å². The maximum atomic E-state index is 12.8. The maximum Gasteiger partial charge on any atom is 0.141 e. The summed E-state index contributed by atoms with van der Waals surface area (Å²) in [5, 5.41) is 10.6. The van der Waals surface area contributed by atoms with Crippen LogP contribution in [-0.2, 0) is 5.60 Å². The molecule has 1 aliphatic rings. The van der Waals surface area contributed by atoms with Crippen molar-refractivity contribution >= 4 is 0 Å². The van der Waals surface area contributed by atoms with E-state index in [0.29, 0.717) is 12.2 Å². The van der Waals surface area contributed by atoms with Crippen LogP contribution in [0, 0.1) is 11.2 Å². The standard InChI is InChI=1S/C12H17FN2O/c1-11(16,12(8-14)5-2-6-12)10-4-3-9(13)7-15-10/h3-4,7,16H,2,5-6,8,14H2,1H3. The molecular weight excluding hydrogens is 207 g/mol. The zero-order valence-electron chi connectivity index (χ0n) is 9.41. The van der Waals surface area contributed by atoms with Crippen LogP contribution in [0.2, 0.25) is 0 Å². The third-order valence-electron chi connectivity index (χ3n) is 3.96. The van der Waals surface area contributed by atoms with Crippen LogP contribution in [0.25, 0.3) is 0 Å². The van der Waals surface area contributed by atoms with Gasteiger partial charge in [0.05, 0.1) is 11.9 Å². The van der Waals surface area contributed by atoms with Gasteiger partial charge in [0.25, 0.3) is 0 Å². The molecule has 1 heterocycles. The summed E-state index contributed by atoms with van der Waals surface area (Å²) in [6.45, 7) is 2.15. The predicted octanol–water partition coefficient (Wildman–Crippen LogP) is 1.56. The first-order valence-electron chi connectivity index (χ1n) is 5.56. The van der Waals surface area contributed by atoms with Crippen molar-refractivity contribution in [2.75, 3.05) is 6.54 Å². The fraction of sp³-hybridized carbons (Fsp3) is 0.583. The van der Waals surface area contributed by atoms with E-state index in [1.54, 1.807) is 6.92 Å². The Labute approximate surface area is 94.5 Å². The highest BCUT2D eigenvalue weighted by molar-refractivity contribution is 5.19. The Morgan fingerprint density at radius 1 is 1.56 bits per heavy atom. The molecule has 88 valence electrons. The number of nitrogens with two attached hydrogens (primary N) is 1. The van der Waals surface area contributed by atoms with Crippen LogP contribution in [0.4, 0.5) is 4.39 Å². The summed E-state index contributed by atoms with van der Waals surface area (Å²) in [7, 11) is 0. The van der Waals surface area contributed by atoms with E-state index in [1.807, 2.05) is 0 Å². The topological polar surface area (TPSA) is 59.1 Å². The molecule has 1 saturated carbocycles. The molecule has 1 aliphatic carbocycles. The summed E-state index contributed by atoms with van der Waals surface area (Å²) in [5.41, 5.74) is 4.89. The van der Waals surface area contributed by atoms with Gasteiger partial charge < -0.3 is 10.8 Å². The van der Waals surface area contributed by atoms with Crippen LogP contribution in [0.15, 0.2) is 18.3 Å². The maximum absolute atomic E-state index is 12.8. The van der Waals surface area contributed by atoms with Crippen LogP contribution < -0.4 is 5.73 Å². The van der Waals surface area contributed by atoms with E-state index in [2.05, 4.69) is 4.98 Å². The number of pyridine rings is 1. The van der Waals surface area contributed by atoms with Crippen molar-refractivity contribution in [3.63, 3.8) is 0 Å². The Hall–Kier alpha value is -1.00. The summed E-state index contributed by atoms with van der Waals surface area (Å²) in [6, 6.07) is 2.85. The SMILES string of the molecule is CC(O)(c1ccc(F)cn1)C1(CN)CCC1. The highest BCUT2D eigenvalue weighted by Gasteiger charge is 2.51. The quantitative estimate of drug-likeness (QED) is 0.819. The van der Waals surface area contributed by atoms with E-state index in [-0.39, 0.29) is 5.41 Å². The lowest BCUT2D eigenvalue weighted by atomic mass is 9.58. The minimum atomic E-state index is -1.08. The van der Waals surface area contributed by atoms with E-state index >= 15 is 0 Å². The number of aliphatic hydroxyl groups is 1. The molecule has 0 aliphatic heterocycles. The van der Waals surface area contributed by atoms with Crippen LogP contribution >= 0.6 is 0 Å². The van der Waals surface area contributed by atoms with E-state index < -0.39 is 11.4 Å². The number of rotatable bonds is 3. The number of aromatic nitrogens is 1. The molecule has 0 saturated heterocycles. The molecule has 1 fully saturated rings. The fourth-order valence-corrected chi connectivity index (χ4v) is 2.43. The number of halogens is 1. The van der Waals surface area contributed by atoms with Crippen LogP contribution in [0.5, 0.6) is 0 Å². The zero-order chi connectivity index (χ0) is 11.8. The van der Waals surface area contributed by atoms with Crippen molar-refractivity contribution in [3.05, 3.63) is 29.8 Å². The second-order valence-electron chi connectivity index (χ2n) is 4.77. The van der Waals surface area contributed by atoms with Gasteiger partial charge in [0, 0.05) is 12.0 Å². The molecule has 1 unspecified atom stereocenters. The Balaban J connectivity index is 2.34. The summed E-state index contributed by atoms with van der Waals surface area (Å²) < 4.78 is 12.8. The largest absolute Gasteiger partial charge is 0.383 e. The Morgan fingerprint density at radius 2 is 2.25 bits per heavy atom. The van der Waals surface area contributed by atoms with Gasteiger partial charge in [-0.1, -0.05) is 6.42 Å². The second-order valence-corrected chi connectivity index (χ2v) is 4.77. The molecule has 16 heavy (non-hydrogen) atoms. The van der Waals surface area contributed by atoms with Crippen molar-refractivity contribution in [1.82, 2.24) is 4.98 Å². The van der Waals surface area contributed by atoms with E-state index in [4.69, 9.17) is 5.73 Å². The van der Waals surface area contributed by atoms with Crippen LogP contribution in [0.3, 0.4) is 0 Å². The lowest BCUT2D eigenvalue weighted by Gasteiger charge is -2.50. The van der Waals surface area contributed by atoms with Crippen LogP contribution in [-0.4, -0.2) is 16.6 Å². The number of nitrogens with zero attached hydrogens (tertiary/aromatic N) is 1. The molecule has 2 rings (SSSR count). The van der Waals surface area contributed by atoms with Crippen LogP contribution in [0.1, 0.15) is 31.9 Å². The molecule has 0 spiro atoms. The highest BCUT2D eigenvalue weighted by atomic mass is 19.1. The average Bonchev–Trinajstić information content (AvgIpc) is 2.17. The fourth-order valence-electron chi connectivity index (χ4n) is 2.43. The molecule has 0 bridgehead atoms.